The fraction of sp³-hybridized carbons (Fsp3) is 0.143. The summed E-state index contributed by atoms with van der Waals surface area (Å²) in [6, 6.07) is 8.79. The van der Waals surface area contributed by atoms with E-state index < -0.39 is 5.97 Å². The van der Waals surface area contributed by atoms with Gasteiger partial charge in [0.2, 0.25) is 0 Å². The monoisotopic (exact) mass is 259 g/mol. The van der Waals surface area contributed by atoms with E-state index in [1.807, 2.05) is 24.3 Å². The van der Waals surface area contributed by atoms with Crippen LogP contribution in [0.1, 0.15) is 10.5 Å². The summed E-state index contributed by atoms with van der Waals surface area (Å²) in [6.07, 6.45) is 1.48. The maximum absolute atomic E-state index is 10.9. The molecule has 0 bridgehead atoms. The predicted molar refractivity (Wildman–Crippen MR) is 69.7 cm³/mol. The number of hydrogen-bond acceptors (Lipinski definition) is 4. The maximum Gasteiger partial charge on any atom is 0.354 e. The largest absolute Gasteiger partial charge is 0.497 e. The SMILES string of the molecule is COc1cccc(-c2cnc(C(=O)O)cc2OC)c1. The first kappa shape index (κ1) is 12.9. The molecule has 0 saturated heterocycles. The summed E-state index contributed by atoms with van der Waals surface area (Å²) in [5.74, 6) is 0.0815. The van der Waals surface area contributed by atoms with Crippen LogP contribution in [0.4, 0.5) is 0 Å². The highest BCUT2D eigenvalue weighted by Crippen LogP contribution is 2.31. The number of carboxylic acids is 1. The number of carbonyl (C=O) groups is 1. The molecule has 2 aromatic rings. The van der Waals surface area contributed by atoms with Crippen LogP contribution in [0.25, 0.3) is 11.1 Å². The Labute approximate surface area is 110 Å². The van der Waals surface area contributed by atoms with E-state index >= 15 is 0 Å². The molecular formula is C14H13NO4. The van der Waals surface area contributed by atoms with Crippen molar-refractivity contribution in [1.82, 2.24) is 4.98 Å². The van der Waals surface area contributed by atoms with E-state index in [9.17, 15) is 4.79 Å². The number of hydrogen-bond donors (Lipinski definition) is 1. The van der Waals surface area contributed by atoms with Crippen LogP contribution in [0.2, 0.25) is 0 Å². The molecule has 0 unspecified atom stereocenters. The lowest BCUT2D eigenvalue weighted by molar-refractivity contribution is 0.0690. The van der Waals surface area contributed by atoms with Crippen molar-refractivity contribution < 1.29 is 19.4 Å². The summed E-state index contributed by atoms with van der Waals surface area (Å²) < 4.78 is 10.4. The Balaban J connectivity index is 2.51. The fourth-order valence-corrected chi connectivity index (χ4v) is 1.73. The van der Waals surface area contributed by atoms with Crippen LogP contribution in [0, 0.1) is 0 Å². The van der Waals surface area contributed by atoms with E-state index in [2.05, 4.69) is 4.98 Å². The fourth-order valence-electron chi connectivity index (χ4n) is 1.73. The highest BCUT2D eigenvalue weighted by atomic mass is 16.5. The number of ether oxygens (including phenoxy) is 2. The highest BCUT2D eigenvalue weighted by Gasteiger charge is 2.12. The number of methoxy groups -OCH3 is 2. The highest BCUT2D eigenvalue weighted by molar-refractivity contribution is 5.87. The van der Waals surface area contributed by atoms with Gasteiger partial charge in [0.1, 0.15) is 11.5 Å². The van der Waals surface area contributed by atoms with Gasteiger partial charge in [-0.05, 0) is 17.7 Å². The first-order chi connectivity index (χ1) is 9.15. The van der Waals surface area contributed by atoms with Crippen molar-refractivity contribution in [2.24, 2.45) is 0 Å². The minimum absolute atomic E-state index is 0.0523. The van der Waals surface area contributed by atoms with Crippen molar-refractivity contribution in [3.8, 4) is 22.6 Å². The molecule has 0 aliphatic rings. The second-order valence-corrected chi connectivity index (χ2v) is 3.81. The number of aromatic carboxylic acids is 1. The Kier molecular flexibility index (Phi) is 3.66. The van der Waals surface area contributed by atoms with Crippen LogP contribution in [0.5, 0.6) is 11.5 Å². The topological polar surface area (TPSA) is 68.7 Å². The third-order valence-corrected chi connectivity index (χ3v) is 2.69. The van der Waals surface area contributed by atoms with Crippen molar-refractivity contribution in [3.05, 3.63) is 42.2 Å². The zero-order valence-electron chi connectivity index (χ0n) is 10.6. The quantitative estimate of drug-likeness (QED) is 0.913. The Morgan fingerprint density at radius 3 is 2.63 bits per heavy atom. The molecule has 0 aliphatic carbocycles. The average molecular weight is 259 g/mol. The molecular weight excluding hydrogens is 246 g/mol. The number of aromatic nitrogens is 1. The van der Waals surface area contributed by atoms with E-state index in [1.54, 1.807) is 7.11 Å². The van der Waals surface area contributed by atoms with Gasteiger partial charge in [0, 0.05) is 17.8 Å². The lowest BCUT2D eigenvalue weighted by atomic mass is 10.1. The third kappa shape index (κ3) is 2.65. The zero-order valence-corrected chi connectivity index (χ0v) is 10.6. The van der Waals surface area contributed by atoms with Gasteiger partial charge in [-0.25, -0.2) is 9.78 Å². The number of nitrogens with zero attached hydrogens (tertiary/aromatic N) is 1. The summed E-state index contributed by atoms with van der Waals surface area (Å²) in [7, 11) is 3.08. The molecule has 1 heterocycles. The molecule has 1 aromatic carbocycles. The van der Waals surface area contributed by atoms with E-state index in [0.717, 1.165) is 5.56 Å². The number of pyridine rings is 1. The molecule has 1 N–H and O–H groups in total. The van der Waals surface area contributed by atoms with Gasteiger partial charge in [0.15, 0.2) is 5.69 Å². The van der Waals surface area contributed by atoms with E-state index in [-0.39, 0.29) is 5.69 Å². The van der Waals surface area contributed by atoms with E-state index in [1.165, 1.54) is 19.4 Å². The van der Waals surface area contributed by atoms with Gasteiger partial charge < -0.3 is 14.6 Å². The van der Waals surface area contributed by atoms with Crippen molar-refractivity contribution in [2.45, 2.75) is 0 Å². The molecule has 0 fully saturated rings. The predicted octanol–water partition coefficient (Wildman–Crippen LogP) is 2.46. The smallest absolute Gasteiger partial charge is 0.354 e. The molecule has 2 rings (SSSR count). The third-order valence-electron chi connectivity index (χ3n) is 2.69. The molecule has 0 radical (unpaired) electrons. The number of carboxylic acid groups (broad SMARTS) is 1. The van der Waals surface area contributed by atoms with Crippen LogP contribution < -0.4 is 9.47 Å². The first-order valence-corrected chi connectivity index (χ1v) is 5.57. The average Bonchev–Trinajstić information content (AvgIpc) is 2.46. The Morgan fingerprint density at radius 2 is 2.00 bits per heavy atom. The van der Waals surface area contributed by atoms with Crippen molar-refractivity contribution in [1.29, 1.82) is 0 Å². The molecule has 0 amide bonds. The summed E-state index contributed by atoms with van der Waals surface area (Å²) in [6.45, 7) is 0. The summed E-state index contributed by atoms with van der Waals surface area (Å²) in [5.41, 5.74) is 1.51. The summed E-state index contributed by atoms with van der Waals surface area (Å²) in [4.78, 5) is 14.8. The lowest BCUT2D eigenvalue weighted by Gasteiger charge is -2.10. The van der Waals surface area contributed by atoms with Crippen LogP contribution in [0.15, 0.2) is 36.5 Å². The Morgan fingerprint density at radius 1 is 1.21 bits per heavy atom. The first-order valence-electron chi connectivity index (χ1n) is 5.57. The van der Waals surface area contributed by atoms with Gasteiger partial charge in [-0.1, -0.05) is 12.1 Å². The molecule has 5 nitrogen and oxygen atoms in total. The molecule has 5 heteroatoms. The van der Waals surface area contributed by atoms with Gasteiger partial charge >= 0.3 is 5.97 Å². The number of rotatable bonds is 4. The second-order valence-electron chi connectivity index (χ2n) is 3.81. The van der Waals surface area contributed by atoms with Crippen molar-refractivity contribution in [2.75, 3.05) is 14.2 Å². The van der Waals surface area contributed by atoms with E-state index in [0.29, 0.717) is 17.1 Å². The standard InChI is InChI=1S/C14H13NO4/c1-18-10-5-3-4-9(6-10)11-8-15-12(14(16)17)7-13(11)19-2/h3-8H,1-2H3,(H,16,17). The second kappa shape index (κ2) is 5.39. The van der Waals surface area contributed by atoms with Crippen molar-refractivity contribution >= 4 is 5.97 Å². The van der Waals surface area contributed by atoms with Crippen LogP contribution in [0.3, 0.4) is 0 Å². The van der Waals surface area contributed by atoms with Gasteiger partial charge in [-0.15, -0.1) is 0 Å². The Hall–Kier alpha value is -2.56. The Bertz CT molecular complexity index is 610. The minimum atomic E-state index is -1.09. The zero-order chi connectivity index (χ0) is 13.8. The van der Waals surface area contributed by atoms with Crippen LogP contribution in [-0.4, -0.2) is 30.3 Å². The molecule has 0 spiro atoms. The number of benzene rings is 1. The summed E-state index contributed by atoms with van der Waals surface area (Å²) in [5, 5.41) is 8.91. The molecule has 98 valence electrons. The molecule has 0 atom stereocenters. The van der Waals surface area contributed by atoms with Gasteiger partial charge in [-0.2, -0.15) is 0 Å². The van der Waals surface area contributed by atoms with Gasteiger partial charge in [-0.3, -0.25) is 0 Å². The van der Waals surface area contributed by atoms with Gasteiger partial charge in [0.05, 0.1) is 14.2 Å². The van der Waals surface area contributed by atoms with E-state index in [4.69, 9.17) is 14.6 Å². The molecule has 0 saturated carbocycles. The van der Waals surface area contributed by atoms with Gasteiger partial charge in [0.25, 0.3) is 0 Å². The van der Waals surface area contributed by atoms with Crippen LogP contribution >= 0.6 is 0 Å². The van der Waals surface area contributed by atoms with Crippen LogP contribution in [-0.2, 0) is 0 Å². The lowest BCUT2D eigenvalue weighted by Crippen LogP contribution is -2.01. The normalized spacial score (nSPS) is 10.0. The maximum atomic E-state index is 10.9. The molecule has 19 heavy (non-hydrogen) atoms. The molecule has 1 aromatic heterocycles. The minimum Gasteiger partial charge on any atom is -0.497 e. The molecule has 0 aliphatic heterocycles. The summed E-state index contributed by atoms with van der Waals surface area (Å²) >= 11 is 0. The van der Waals surface area contributed by atoms with Crippen molar-refractivity contribution in [3.63, 3.8) is 0 Å².